The van der Waals surface area contributed by atoms with Crippen LogP contribution in [-0.4, -0.2) is 40.9 Å². The average Bonchev–Trinajstić information content (AvgIpc) is 3.20. The molecular weight excluding hydrogens is 585 g/mol. The van der Waals surface area contributed by atoms with E-state index in [0.29, 0.717) is 11.1 Å². The van der Waals surface area contributed by atoms with Gasteiger partial charge in [0.05, 0.1) is 43.9 Å². The van der Waals surface area contributed by atoms with Gasteiger partial charge in [0.2, 0.25) is 5.95 Å². The molecule has 1 aliphatic heterocycles. The fourth-order valence-corrected chi connectivity index (χ4v) is 5.35. The third kappa shape index (κ3) is 6.52. The van der Waals surface area contributed by atoms with Gasteiger partial charge in [0.1, 0.15) is 0 Å². The van der Waals surface area contributed by atoms with Crippen LogP contribution in [0.3, 0.4) is 0 Å². The van der Waals surface area contributed by atoms with Gasteiger partial charge < -0.3 is 26.3 Å². The van der Waals surface area contributed by atoms with Gasteiger partial charge in [-0.1, -0.05) is 29.3 Å². The molecule has 5 N–H and O–H groups in total. The van der Waals surface area contributed by atoms with Crippen LogP contribution in [0.4, 0.5) is 43.7 Å². The van der Waals surface area contributed by atoms with Crippen molar-refractivity contribution < 1.29 is 31.1 Å². The number of imidazole rings is 1. The standard InChI is InChI=1S/C25H26Cl2F6N6O/c26-16-3-2-13(12-34)20(27)21(16)37-23-36-17-10-15(22(35)40)18(38-8-4-14(5-9-38)25(31,32)33)11-19(17)39(23)7-1-6-24(28,29)30/h2-3,10-11,14H,1,4-9,12,34H2,(H2,35,40)(H,36,37). The van der Waals surface area contributed by atoms with Crippen LogP contribution in [0, 0.1) is 5.92 Å². The maximum absolute atomic E-state index is 13.2. The van der Waals surface area contributed by atoms with Gasteiger partial charge in [0.25, 0.3) is 5.91 Å². The number of hydrogen-bond acceptors (Lipinski definition) is 5. The van der Waals surface area contributed by atoms with Crippen LogP contribution in [0.5, 0.6) is 0 Å². The van der Waals surface area contributed by atoms with E-state index < -0.39 is 30.6 Å². The van der Waals surface area contributed by atoms with E-state index >= 15 is 0 Å². The number of carbonyl (C=O) groups excluding carboxylic acids is 1. The lowest BCUT2D eigenvalue weighted by molar-refractivity contribution is -0.179. The van der Waals surface area contributed by atoms with Gasteiger partial charge in [0, 0.05) is 32.6 Å². The van der Waals surface area contributed by atoms with Crippen molar-refractivity contribution in [3.8, 4) is 0 Å². The summed E-state index contributed by atoms with van der Waals surface area (Å²) in [5.41, 5.74) is 13.0. The minimum absolute atomic E-state index is 0.0143. The second kappa shape index (κ2) is 11.5. The molecule has 1 amide bonds. The number of benzene rings is 2. The fourth-order valence-electron chi connectivity index (χ4n) is 4.81. The molecule has 15 heteroatoms. The number of rotatable bonds is 8. The lowest BCUT2D eigenvalue weighted by Gasteiger charge is -2.35. The third-order valence-corrected chi connectivity index (χ3v) is 7.65. The molecule has 0 aliphatic carbocycles. The largest absolute Gasteiger partial charge is 0.391 e. The van der Waals surface area contributed by atoms with Gasteiger partial charge in [-0.05, 0) is 43.0 Å². The summed E-state index contributed by atoms with van der Waals surface area (Å²) in [4.78, 5) is 18.5. The summed E-state index contributed by atoms with van der Waals surface area (Å²) in [7, 11) is 0. The molecule has 3 aromatic rings. The zero-order chi connectivity index (χ0) is 29.4. The van der Waals surface area contributed by atoms with Crippen molar-refractivity contribution in [3.05, 3.63) is 45.4 Å². The average molecular weight is 611 g/mol. The maximum atomic E-state index is 13.2. The van der Waals surface area contributed by atoms with E-state index in [-0.39, 0.29) is 83.9 Å². The molecule has 1 saturated heterocycles. The number of aryl methyl sites for hydroxylation is 1. The van der Waals surface area contributed by atoms with Gasteiger partial charge in [-0.2, -0.15) is 26.3 Å². The molecule has 0 atom stereocenters. The Hall–Kier alpha value is -2.90. The highest BCUT2D eigenvalue weighted by Gasteiger charge is 2.41. The Bertz CT molecular complexity index is 1400. The number of alkyl halides is 6. The van der Waals surface area contributed by atoms with Crippen LogP contribution in [0.1, 0.15) is 41.6 Å². The number of hydrogen-bond donors (Lipinski definition) is 3. The number of aromatic nitrogens is 2. The molecule has 40 heavy (non-hydrogen) atoms. The quantitative estimate of drug-likeness (QED) is 0.244. The lowest BCUT2D eigenvalue weighted by Crippen LogP contribution is -2.39. The molecule has 0 radical (unpaired) electrons. The van der Waals surface area contributed by atoms with Gasteiger partial charge in [-0.3, -0.25) is 4.79 Å². The number of anilines is 3. The highest BCUT2D eigenvalue weighted by atomic mass is 35.5. The summed E-state index contributed by atoms with van der Waals surface area (Å²) < 4.78 is 80.0. The fraction of sp³-hybridized carbons (Fsp3) is 0.440. The molecule has 0 bridgehead atoms. The molecule has 1 aromatic heterocycles. The van der Waals surface area contributed by atoms with E-state index in [4.69, 9.17) is 34.7 Å². The number of fused-ring (bicyclic) bond motifs is 1. The Morgan fingerprint density at radius 3 is 2.35 bits per heavy atom. The predicted molar refractivity (Wildman–Crippen MR) is 142 cm³/mol. The lowest BCUT2D eigenvalue weighted by atomic mass is 9.95. The number of piperidine rings is 1. The second-order valence-corrected chi connectivity index (χ2v) is 10.3. The topological polar surface area (TPSA) is 102 Å². The number of primary amides is 1. The van der Waals surface area contributed by atoms with E-state index in [1.807, 2.05) is 0 Å². The summed E-state index contributed by atoms with van der Waals surface area (Å²) in [5, 5.41) is 3.40. The van der Waals surface area contributed by atoms with E-state index in [1.165, 1.54) is 16.7 Å². The number of nitrogens with zero attached hydrogens (tertiary/aromatic N) is 3. The number of nitrogens with one attached hydrogen (secondary N) is 1. The SMILES string of the molecule is NCc1ccc(Cl)c(Nc2nc3cc(C(N)=O)c(N4CCC(C(F)(F)F)CC4)cc3n2CCCC(F)(F)F)c1Cl. The first kappa shape index (κ1) is 30.1. The Labute approximate surface area is 235 Å². The smallest absolute Gasteiger partial charge is 0.371 e. The molecule has 218 valence electrons. The Morgan fingerprint density at radius 1 is 1.10 bits per heavy atom. The first-order chi connectivity index (χ1) is 18.7. The predicted octanol–water partition coefficient (Wildman–Crippen LogP) is 6.77. The monoisotopic (exact) mass is 610 g/mol. The van der Waals surface area contributed by atoms with Crippen LogP contribution in [0.2, 0.25) is 10.0 Å². The van der Waals surface area contributed by atoms with Crippen molar-refractivity contribution in [2.75, 3.05) is 23.3 Å². The minimum Gasteiger partial charge on any atom is -0.371 e. The highest BCUT2D eigenvalue weighted by Crippen LogP contribution is 2.39. The van der Waals surface area contributed by atoms with Crippen LogP contribution in [0.25, 0.3) is 11.0 Å². The molecule has 2 aromatic carbocycles. The molecule has 7 nitrogen and oxygen atoms in total. The van der Waals surface area contributed by atoms with Crippen LogP contribution >= 0.6 is 23.2 Å². The summed E-state index contributed by atoms with van der Waals surface area (Å²) in [6.07, 6.45) is -10.4. The van der Waals surface area contributed by atoms with Gasteiger partial charge in [0.15, 0.2) is 0 Å². The zero-order valence-electron chi connectivity index (χ0n) is 21.0. The molecule has 0 spiro atoms. The minimum atomic E-state index is -4.39. The number of halogens is 8. The molecule has 0 unspecified atom stereocenters. The van der Waals surface area contributed by atoms with Crippen molar-refractivity contribution in [2.45, 2.75) is 51.1 Å². The highest BCUT2D eigenvalue weighted by molar-refractivity contribution is 6.39. The second-order valence-electron chi connectivity index (χ2n) is 9.56. The first-order valence-corrected chi connectivity index (χ1v) is 13.1. The van der Waals surface area contributed by atoms with Crippen molar-refractivity contribution in [2.24, 2.45) is 17.4 Å². The van der Waals surface area contributed by atoms with Crippen LogP contribution in [0.15, 0.2) is 24.3 Å². The summed E-state index contributed by atoms with van der Waals surface area (Å²) in [6, 6.07) is 6.10. The van der Waals surface area contributed by atoms with Crippen molar-refractivity contribution in [1.29, 1.82) is 0 Å². The van der Waals surface area contributed by atoms with E-state index in [0.717, 1.165) is 0 Å². The zero-order valence-corrected chi connectivity index (χ0v) is 22.5. The van der Waals surface area contributed by atoms with E-state index in [9.17, 15) is 31.1 Å². The Morgan fingerprint density at radius 2 is 1.77 bits per heavy atom. The molecule has 1 aliphatic rings. The van der Waals surface area contributed by atoms with E-state index in [1.54, 1.807) is 17.0 Å². The molecule has 1 fully saturated rings. The molecule has 2 heterocycles. The van der Waals surface area contributed by atoms with Crippen molar-refractivity contribution in [3.63, 3.8) is 0 Å². The molecule has 0 saturated carbocycles. The first-order valence-electron chi connectivity index (χ1n) is 12.4. The maximum Gasteiger partial charge on any atom is 0.391 e. The number of nitrogens with two attached hydrogens (primary N) is 2. The summed E-state index contributed by atoms with van der Waals surface area (Å²) in [5.74, 6) is -2.19. The van der Waals surface area contributed by atoms with Gasteiger partial charge >= 0.3 is 12.4 Å². The van der Waals surface area contributed by atoms with Gasteiger partial charge in [-0.25, -0.2) is 4.98 Å². The summed E-state index contributed by atoms with van der Waals surface area (Å²) in [6.45, 7) is -0.000529. The van der Waals surface area contributed by atoms with Crippen LogP contribution in [-0.2, 0) is 13.1 Å². The number of amides is 1. The third-order valence-electron chi connectivity index (χ3n) is 6.90. The number of carbonyl (C=O) groups is 1. The Balaban J connectivity index is 1.79. The normalized spacial score (nSPS) is 15.2. The van der Waals surface area contributed by atoms with E-state index in [2.05, 4.69) is 10.3 Å². The van der Waals surface area contributed by atoms with Crippen LogP contribution < -0.4 is 21.7 Å². The molecular formula is C25H26Cl2F6N6O. The van der Waals surface area contributed by atoms with Crippen molar-refractivity contribution >= 4 is 57.5 Å². The van der Waals surface area contributed by atoms with Crippen molar-refractivity contribution in [1.82, 2.24) is 9.55 Å². The summed E-state index contributed by atoms with van der Waals surface area (Å²) >= 11 is 12.8. The Kier molecular flexibility index (Phi) is 8.67. The van der Waals surface area contributed by atoms with Gasteiger partial charge in [-0.15, -0.1) is 0 Å². The molecule has 4 rings (SSSR count).